The molecule has 0 aliphatic carbocycles. The highest BCUT2D eigenvalue weighted by Gasteiger charge is 2.43. The maximum absolute atomic E-state index is 13.2. The first kappa shape index (κ1) is 20.5. The normalized spacial score (nSPS) is 18.1. The van der Waals surface area contributed by atoms with Crippen LogP contribution in [0.25, 0.3) is 0 Å². The van der Waals surface area contributed by atoms with Gasteiger partial charge in [0.15, 0.2) is 0 Å². The second-order valence-electron chi connectivity index (χ2n) is 7.65. The minimum absolute atomic E-state index is 0.111. The van der Waals surface area contributed by atoms with Crippen LogP contribution < -0.4 is 15.4 Å². The van der Waals surface area contributed by atoms with Gasteiger partial charge in [0.1, 0.15) is 12.3 Å². The van der Waals surface area contributed by atoms with Crippen molar-refractivity contribution >= 4 is 23.5 Å². The lowest BCUT2D eigenvalue weighted by Gasteiger charge is -2.31. The number of amides is 4. The Hall–Kier alpha value is -3.81. The van der Waals surface area contributed by atoms with E-state index in [2.05, 4.69) is 10.6 Å². The lowest BCUT2D eigenvalue weighted by molar-refractivity contribution is -0.130. The number of ether oxygens (including phenoxy) is 1. The lowest BCUT2D eigenvalue weighted by Crippen LogP contribution is -2.45. The summed E-state index contributed by atoms with van der Waals surface area (Å²) in [7, 11) is 3.20. The van der Waals surface area contributed by atoms with E-state index in [-0.39, 0.29) is 30.9 Å². The number of nitrogens with one attached hydrogen (secondary N) is 2. The summed E-state index contributed by atoms with van der Waals surface area (Å²) in [5.74, 6) is 0.122. The van der Waals surface area contributed by atoms with Crippen LogP contribution in [-0.4, -0.2) is 54.9 Å². The smallest absolute Gasteiger partial charge is 0.322 e. The van der Waals surface area contributed by atoms with Gasteiger partial charge in [0.25, 0.3) is 5.91 Å². The van der Waals surface area contributed by atoms with Crippen molar-refractivity contribution in [3.8, 4) is 5.75 Å². The lowest BCUT2D eigenvalue weighted by atomic mass is 9.95. The van der Waals surface area contributed by atoms with Gasteiger partial charge in [0.05, 0.1) is 31.0 Å². The Labute approximate surface area is 180 Å². The van der Waals surface area contributed by atoms with Crippen molar-refractivity contribution in [2.75, 3.05) is 32.6 Å². The van der Waals surface area contributed by atoms with Crippen molar-refractivity contribution < 1.29 is 19.1 Å². The van der Waals surface area contributed by atoms with Gasteiger partial charge in [0, 0.05) is 12.7 Å². The molecule has 0 aromatic heterocycles. The molecular weight excluding hydrogens is 396 g/mol. The summed E-state index contributed by atoms with van der Waals surface area (Å²) in [6.07, 6.45) is 0. The Kier molecular flexibility index (Phi) is 5.37. The Morgan fingerprint density at radius 1 is 1.13 bits per heavy atom. The summed E-state index contributed by atoms with van der Waals surface area (Å²) in [5.41, 5.74) is 3.66. The van der Waals surface area contributed by atoms with Crippen molar-refractivity contribution in [1.82, 2.24) is 15.1 Å². The van der Waals surface area contributed by atoms with Gasteiger partial charge >= 0.3 is 6.03 Å². The summed E-state index contributed by atoms with van der Waals surface area (Å²) in [4.78, 5) is 41.1. The van der Waals surface area contributed by atoms with E-state index in [0.29, 0.717) is 22.7 Å². The van der Waals surface area contributed by atoms with Gasteiger partial charge in [-0.1, -0.05) is 29.8 Å². The average Bonchev–Trinajstić information content (AvgIpc) is 3.08. The molecule has 2 aromatic carbocycles. The van der Waals surface area contributed by atoms with Crippen LogP contribution in [0.3, 0.4) is 0 Å². The summed E-state index contributed by atoms with van der Waals surface area (Å²) in [6, 6.07) is 13.8. The van der Waals surface area contributed by atoms with Crippen molar-refractivity contribution in [1.29, 1.82) is 0 Å². The topological polar surface area (TPSA) is 91.0 Å². The van der Waals surface area contributed by atoms with E-state index < -0.39 is 6.04 Å². The number of hydrogen-bond donors (Lipinski definition) is 2. The summed E-state index contributed by atoms with van der Waals surface area (Å²) < 4.78 is 5.11. The number of aryl methyl sites for hydroxylation is 1. The van der Waals surface area contributed by atoms with E-state index in [1.54, 1.807) is 38.4 Å². The molecule has 1 atom stereocenters. The van der Waals surface area contributed by atoms with Gasteiger partial charge in [-0.05, 0) is 36.8 Å². The van der Waals surface area contributed by atoms with E-state index in [1.807, 2.05) is 31.2 Å². The number of nitrogens with zero attached hydrogens (tertiary/aromatic N) is 2. The molecule has 2 N–H and O–H groups in total. The molecule has 2 aliphatic heterocycles. The number of carbonyl (C=O) groups is 3. The summed E-state index contributed by atoms with van der Waals surface area (Å²) in [5, 5.41) is 5.69. The largest absolute Gasteiger partial charge is 0.497 e. The van der Waals surface area contributed by atoms with E-state index in [4.69, 9.17) is 4.74 Å². The van der Waals surface area contributed by atoms with Gasteiger partial charge < -0.3 is 20.3 Å². The zero-order valence-corrected chi connectivity index (χ0v) is 17.6. The summed E-state index contributed by atoms with van der Waals surface area (Å²) in [6.45, 7) is 2.07. The zero-order chi connectivity index (χ0) is 22.1. The van der Waals surface area contributed by atoms with E-state index in [0.717, 1.165) is 11.1 Å². The Bertz CT molecular complexity index is 1060. The molecule has 2 aromatic rings. The molecule has 2 aliphatic rings. The second kappa shape index (κ2) is 8.14. The third kappa shape index (κ3) is 3.96. The number of hydrogen-bond acceptors (Lipinski definition) is 4. The van der Waals surface area contributed by atoms with Crippen molar-refractivity contribution in [2.24, 2.45) is 0 Å². The molecule has 160 valence electrons. The molecule has 8 nitrogen and oxygen atoms in total. The van der Waals surface area contributed by atoms with Crippen LogP contribution in [-0.2, 0) is 9.59 Å². The van der Waals surface area contributed by atoms with E-state index in [1.165, 1.54) is 9.80 Å². The Balaban J connectivity index is 1.51. The molecule has 0 radical (unpaired) electrons. The standard InChI is InChI=1S/C23H24N4O4/c1-14-4-6-15(7-5-14)21-20-18(26(2)23(30)25-21)12-27(22(20)29)13-19(28)24-16-8-10-17(31-3)11-9-16/h4-11,21H,12-13H2,1-3H3,(H,24,28)(H,25,30). The van der Waals surface area contributed by atoms with E-state index in [9.17, 15) is 14.4 Å². The Morgan fingerprint density at radius 3 is 2.45 bits per heavy atom. The number of urea groups is 1. The molecule has 0 spiro atoms. The molecule has 2 heterocycles. The van der Waals surface area contributed by atoms with Crippen LogP contribution in [0.4, 0.5) is 10.5 Å². The van der Waals surface area contributed by atoms with Gasteiger partial charge in [-0.15, -0.1) is 0 Å². The molecule has 0 bridgehead atoms. The average molecular weight is 420 g/mol. The second-order valence-corrected chi connectivity index (χ2v) is 7.65. The number of likely N-dealkylation sites (N-methyl/N-ethyl adjacent to an activating group) is 1. The van der Waals surface area contributed by atoms with Crippen molar-refractivity contribution in [3.63, 3.8) is 0 Å². The first-order chi connectivity index (χ1) is 14.9. The van der Waals surface area contributed by atoms with Crippen LogP contribution in [0.15, 0.2) is 59.8 Å². The molecular formula is C23H24N4O4. The number of benzene rings is 2. The number of carbonyl (C=O) groups excluding carboxylic acids is 3. The zero-order valence-electron chi connectivity index (χ0n) is 17.6. The molecule has 31 heavy (non-hydrogen) atoms. The third-order valence-corrected chi connectivity index (χ3v) is 5.55. The summed E-state index contributed by atoms with van der Waals surface area (Å²) >= 11 is 0. The molecule has 0 fully saturated rings. The van der Waals surface area contributed by atoms with Crippen LogP contribution in [0, 0.1) is 6.92 Å². The van der Waals surface area contributed by atoms with Gasteiger partial charge in [-0.3, -0.25) is 14.5 Å². The fourth-order valence-corrected chi connectivity index (χ4v) is 3.81. The molecule has 4 rings (SSSR count). The van der Waals surface area contributed by atoms with Crippen LogP contribution in [0.2, 0.25) is 0 Å². The van der Waals surface area contributed by atoms with Crippen LogP contribution >= 0.6 is 0 Å². The van der Waals surface area contributed by atoms with Crippen LogP contribution in [0.5, 0.6) is 5.75 Å². The monoisotopic (exact) mass is 420 g/mol. The first-order valence-corrected chi connectivity index (χ1v) is 9.94. The third-order valence-electron chi connectivity index (χ3n) is 5.55. The Morgan fingerprint density at radius 2 is 1.81 bits per heavy atom. The predicted molar refractivity (Wildman–Crippen MR) is 115 cm³/mol. The number of rotatable bonds is 5. The highest BCUT2D eigenvalue weighted by atomic mass is 16.5. The minimum Gasteiger partial charge on any atom is -0.497 e. The minimum atomic E-state index is -0.540. The van der Waals surface area contributed by atoms with Crippen molar-refractivity contribution in [3.05, 3.63) is 70.9 Å². The van der Waals surface area contributed by atoms with E-state index >= 15 is 0 Å². The maximum Gasteiger partial charge on any atom is 0.322 e. The molecule has 4 amide bonds. The van der Waals surface area contributed by atoms with Gasteiger partial charge in [0.2, 0.25) is 5.91 Å². The highest BCUT2D eigenvalue weighted by molar-refractivity contribution is 6.04. The molecule has 0 saturated carbocycles. The van der Waals surface area contributed by atoms with Gasteiger partial charge in [-0.25, -0.2) is 4.79 Å². The number of methoxy groups -OCH3 is 1. The maximum atomic E-state index is 13.2. The highest BCUT2D eigenvalue weighted by Crippen LogP contribution is 2.35. The SMILES string of the molecule is COc1ccc(NC(=O)CN2CC3=C(C2=O)C(c2ccc(C)cc2)NC(=O)N3C)cc1. The van der Waals surface area contributed by atoms with Gasteiger partial charge in [-0.2, -0.15) is 0 Å². The van der Waals surface area contributed by atoms with Crippen molar-refractivity contribution in [2.45, 2.75) is 13.0 Å². The number of anilines is 1. The van der Waals surface area contributed by atoms with Crippen LogP contribution in [0.1, 0.15) is 17.2 Å². The quantitative estimate of drug-likeness (QED) is 0.777. The molecule has 1 unspecified atom stereocenters. The molecule has 0 saturated heterocycles. The molecule has 8 heteroatoms. The fourth-order valence-electron chi connectivity index (χ4n) is 3.81. The fraction of sp³-hybridized carbons (Fsp3) is 0.261. The first-order valence-electron chi connectivity index (χ1n) is 9.94. The predicted octanol–water partition coefficient (Wildman–Crippen LogP) is 2.43.